The number of benzene rings is 2. The number of aryl methyl sites for hydroxylation is 1. The van der Waals surface area contributed by atoms with E-state index in [4.69, 9.17) is 9.47 Å². The fraction of sp³-hybridized carbons (Fsp3) is 0.280. The summed E-state index contributed by atoms with van der Waals surface area (Å²) in [4.78, 5) is 16.3. The number of amides is 1. The number of rotatable bonds is 11. The summed E-state index contributed by atoms with van der Waals surface area (Å²) in [6.07, 6.45) is 2.13. The Morgan fingerprint density at radius 2 is 1.86 bits per heavy atom. The second-order valence-corrected chi connectivity index (χ2v) is 10.7. The predicted octanol–water partition coefficient (Wildman–Crippen LogP) is 4.34. The number of nitrogens with zero attached hydrogens (tertiary/aromatic N) is 3. The second-order valence-electron chi connectivity index (χ2n) is 7.73. The number of ether oxygens (including phenoxy) is 2. The van der Waals surface area contributed by atoms with Crippen LogP contribution < -0.4 is 14.8 Å². The lowest BCUT2D eigenvalue weighted by Crippen LogP contribution is -2.13. The molecule has 2 aromatic carbocycles. The van der Waals surface area contributed by atoms with Crippen molar-refractivity contribution < 1.29 is 22.7 Å². The topological polar surface area (TPSA) is 131 Å². The molecule has 11 heteroatoms. The Morgan fingerprint density at radius 3 is 2.56 bits per heavy atom. The Bertz CT molecular complexity index is 1390. The molecule has 0 unspecified atom stereocenters. The monoisotopic (exact) mass is 526 g/mol. The van der Waals surface area contributed by atoms with E-state index in [2.05, 4.69) is 14.7 Å². The van der Waals surface area contributed by atoms with Crippen molar-refractivity contribution in [2.75, 3.05) is 24.3 Å². The summed E-state index contributed by atoms with van der Waals surface area (Å²) < 4.78 is 39.0. The molecule has 3 rings (SSSR count). The molecule has 0 atom stereocenters. The fourth-order valence-electron chi connectivity index (χ4n) is 2.97. The van der Waals surface area contributed by atoms with Crippen LogP contribution >= 0.6 is 11.5 Å². The molecule has 1 N–H and O–H groups in total. The van der Waals surface area contributed by atoms with Crippen LogP contribution in [-0.4, -0.2) is 42.6 Å². The quantitative estimate of drug-likeness (QED) is 0.222. The van der Waals surface area contributed by atoms with Crippen LogP contribution in [0.3, 0.4) is 0 Å². The number of carbonyl (C=O) groups excluding carboxylic acids is 1. The number of aromatic nitrogens is 2. The average Bonchev–Trinajstić information content (AvgIpc) is 3.35. The molecule has 3 aromatic rings. The average molecular weight is 527 g/mol. The van der Waals surface area contributed by atoms with Crippen molar-refractivity contribution in [3.05, 3.63) is 64.7 Å². The maximum atomic E-state index is 12.4. The molecule has 0 bridgehead atoms. The van der Waals surface area contributed by atoms with Crippen molar-refractivity contribution in [3.8, 4) is 17.6 Å². The van der Waals surface area contributed by atoms with E-state index < -0.39 is 15.7 Å². The van der Waals surface area contributed by atoms with Gasteiger partial charge in [-0.05, 0) is 54.8 Å². The maximum Gasteiger partial charge on any atom is 0.268 e. The molecule has 0 fully saturated rings. The second kappa shape index (κ2) is 12.3. The van der Waals surface area contributed by atoms with Crippen LogP contribution in [0.25, 0.3) is 6.08 Å². The van der Waals surface area contributed by atoms with Gasteiger partial charge in [0.05, 0.1) is 19.0 Å². The minimum atomic E-state index is -3.58. The van der Waals surface area contributed by atoms with Gasteiger partial charge in [0.15, 0.2) is 0 Å². The first-order valence-corrected chi connectivity index (χ1v) is 13.6. The zero-order valence-corrected chi connectivity index (χ0v) is 21.8. The van der Waals surface area contributed by atoms with E-state index in [1.54, 1.807) is 24.3 Å². The van der Waals surface area contributed by atoms with Gasteiger partial charge < -0.3 is 9.47 Å². The third kappa shape index (κ3) is 7.13. The summed E-state index contributed by atoms with van der Waals surface area (Å²) in [5.74, 6) is 0.667. The Morgan fingerprint density at radius 1 is 1.14 bits per heavy atom. The standard InChI is InChI=1S/C25H26N4O5S2/c1-4-36(31,32)25-28-24(35-29-25)27-23(30)20(16-26)15-19-9-11-21(12-10-19)33-13-6-14-34-22-8-5-7-17(2)18(22)3/h5,7-12,15H,4,6,13-14H2,1-3H3,(H,27,28,29,30)/b20-15-. The highest BCUT2D eigenvalue weighted by atomic mass is 32.2. The summed E-state index contributed by atoms with van der Waals surface area (Å²) >= 11 is 0.733. The van der Waals surface area contributed by atoms with Crippen LogP contribution in [0.5, 0.6) is 11.5 Å². The number of carbonyl (C=O) groups is 1. The first-order chi connectivity index (χ1) is 17.2. The SMILES string of the molecule is CCS(=O)(=O)c1nsc(NC(=O)/C(C#N)=C\c2ccc(OCCCOc3cccc(C)c3C)cc2)n1. The van der Waals surface area contributed by atoms with Crippen LogP contribution in [0.1, 0.15) is 30.0 Å². The van der Waals surface area contributed by atoms with Crippen molar-refractivity contribution >= 4 is 38.5 Å². The molecule has 1 heterocycles. The van der Waals surface area contributed by atoms with E-state index in [0.717, 1.165) is 22.8 Å². The molecule has 0 radical (unpaired) electrons. The molecule has 0 saturated carbocycles. The molecule has 0 saturated heterocycles. The number of hydrogen-bond acceptors (Lipinski definition) is 9. The normalized spacial score (nSPS) is 11.6. The van der Waals surface area contributed by atoms with Crippen molar-refractivity contribution in [1.82, 2.24) is 9.36 Å². The lowest BCUT2D eigenvalue weighted by atomic mass is 10.1. The fourth-order valence-corrected chi connectivity index (χ4v) is 4.55. The van der Waals surface area contributed by atoms with Crippen molar-refractivity contribution in [1.29, 1.82) is 5.26 Å². The summed E-state index contributed by atoms with van der Waals surface area (Å²) in [6.45, 7) is 6.57. The van der Waals surface area contributed by atoms with Crippen molar-refractivity contribution in [2.45, 2.75) is 32.3 Å². The molecule has 0 aliphatic rings. The minimum Gasteiger partial charge on any atom is -0.493 e. The number of nitriles is 1. The van der Waals surface area contributed by atoms with Crippen molar-refractivity contribution in [2.24, 2.45) is 0 Å². The summed E-state index contributed by atoms with van der Waals surface area (Å²) in [7, 11) is -3.58. The van der Waals surface area contributed by atoms with Gasteiger partial charge in [-0.2, -0.15) is 14.6 Å². The van der Waals surface area contributed by atoms with Gasteiger partial charge in [-0.1, -0.05) is 31.2 Å². The zero-order valence-electron chi connectivity index (χ0n) is 20.1. The van der Waals surface area contributed by atoms with E-state index in [0.29, 0.717) is 30.9 Å². The molecule has 188 valence electrons. The number of sulfone groups is 1. The largest absolute Gasteiger partial charge is 0.493 e. The number of anilines is 1. The maximum absolute atomic E-state index is 12.4. The first kappa shape index (κ1) is 26.8. The Balaban J connectivity index is 1.51. The third-order valence-corrected chi connectivity index (χ3v) is 7.46. The van der Waals surface area contributed by atoms with E-state index in [1.165, 1.54) is 18.6 Å². The van der Waals surface area contributed by atoms with Crippen molar-refractivity contribution in [3.63, 3.8) is 0 Å². The molecule has 1 aromatic heterocycles. The lowest BCUT2D eigenvalue weighted by molar-refractivity contribution is -0.112. The summed E-state index contributed by atoms with van der Waals surface area (Å²) in [5, 5.41) is 11.5. The molecule has 0 aliphatic carbocycles. The van der Waals surface area contributed by atoms with Gasteiger partial charge in [-0.15, -0.1) is 0 Å². The summed E-state index contributed by atoms with van der Waals surface area (Å²) in [5.41, 5.74) is 2.78. The van der Waals surface area contributed by atoms with E-state index >= 15 is 0 Å². The van der Waals surface area contributed by atoms with Crippen LogP contribution in [0.4, 0.5) is 5.13 Å². The predicted molar refractivity (Wildman–Crippen MR) is 138 cm³/mol. The number of nitrogens with one attached hydrogen (secondary N) is 1. The highest BCUT2D eigenvalue weighted by molar-refractivity contribution is 7.91. The van der Waals surface area contributed by atoms with E-state index in [9.17, 15) is 18.5 Å². The first-order valence-electron chi connectivity index (χ1n) is 11.1. The van der Waals surface area contributed by atoms with Crippen LogP contribution in [0, 0.1) is 25.2 Å². The Kier molecular flexibility index (Phi) is 9.16. The van der Waals surface area contributed by atoms with Crippen LogP contribution in [-0.2, 0) is 14.6 Å². The van der Waals surface area contributed by atoms with Gasteiger partial charge in [-0.3, -0.25) is 10.1 Å². The van der Waals surface area contributed by atoms with Crippen LogP contribution in [0.2, 0.25) is 0 Å². The van der Waals surface area contributed by atoms with Crippen LogP contribution in [0.15, 0.2) is 53.2 Å². The molecule has 9 nitrogen and oxygen atoms in total. The summed E-state index contributed by atoms with van der Waals surface area (Å²) in [6, 6.07) is 14.8. The van der Waals surface area contributed by atoms with Gasteiger partial charge in [0.1, 0.15) is 23.1 Å². The van der Waals surface area contributed by atoms with E-state index in [-0.39, 0.29) is 21.6 Å². The molecular weight excluding hydrogens is 500 g/mol. The molecule has 36 heavy (non-hydrogen) atoms. The van der Waals surface area contributed by atoms with Gasteiger partial charge in [0.25, 0.3) is 11.1 Å². The van der Waals surface area contributed by atoms with Gasteiger partial charge in [0.2, 0.25) is 15.0 Å². The Labute approximate surface area is 214 Å². The molecule has 0 spiro atoms. The van der Waals surface area contributed by atoms with E-state index in [1.807, 2.05) is 38.1 Å². The molecular formula is C25H26N4O5S2. The Hall–Kier alpha value is -3.75. The molecule has 0 aliphatic heterocycles. The third-order valence-electron chi connectivity index (χ3n) is 5.21. The van der Waals surface area contributed by atoms with Gasteiger partial charge in [0, 0.05) is 18.0 Å². The smallest absolute Gasteiger partial charge is 0.268 e. The minimum absolute atomic E-state index is 0.00142. The number of hydrogen-bond donors (Lipinski definition) is 1. The highest BCUT2D eigenvalue weighted by Gasteiger charge is 2.20. The lowest BCUT2D eigenvalue weighted by Gasteiger charge is -2.11. The van der Waals surface area contributed by atoms with Gasteiger partial charge in [-0.25, -0.2) is 8.42 Å². The zero-order chi connectivity index (χ0) is 26.1. The van der Waals surface area contributed by atoms with Gasteiger partial charge >= 0.3 is 0 Å². The molecule has 1 amide bonds. The highest BCUT2D eigenvalue weighted by Crippen LogP contribution is 2.21.